The molecule has 7 heteroatoms. The lowest BCUT2D eigenvalue weighted by atomic mass is 10.2. The van der Waals surface area contributed by atoms with E-state index in [2.05, 4.69) is 0 Å². The van der Waals surface area contributed by atoms with E-state index in [9.17, 15) is 18.4 Å². The first kappa shape index (κ1) is 18.8. The number of amides is 2. The van der Waals surface area contributed by atoms with Crippen LogP contribution < -0.4 is 4.74 Å². The fourth-order valence-electron chi connectivity index (χ4n) is 2.94. The standard InChI is InChI=1S/C20H20F2N2O3/c21-15-6-8-16(9-7-15)27-14-19(25)23-10-3-11-24(13-12-23)20(26)17-4-1-2-5-18(17)22/h1-2,4-9H,3,10-14H2. The van der Waals surface area contributed by atoms with Crippen molar-refractivity contribution in [1.29, 1.82) is 0 Å². The maximum absolute atomic E-state index is 13.8. The van der Waals surface area contributed by atoms with Crippen LogP contribution in [0.15, 0.2) is 48.5 Å². The van der Waals surface area contributed by atoms with Gasteiger partial charge in [-0.05, 0) is 42.8 Å². The van der Waals surface area contributed by atoms with Gasteiger partial charge in [0.25, 0.3) is 11.8 Å². The van der Waals surface area contributed by atoms with Crippen molar-refractivity contribution in [2.75, 3.05) is 32.8 Å². The molecule has 0 saturated carbocycles. The first-order valence-electron chi connectivity index (χ1n) is 8.74. The molecule has 1 aliphatic rings. The van der Waals surface area contributed by atoms with E-state index in [1.807, 2.05) is 0 Å². The highest BCUT2D eigenvalue weighted by Crippen LogP contribution is 2.14. The van der Waals surface area contributed by atoms with Crippen LogP contribution >= 0.6 is 0 Å². The Morgan fingerprint density at radius 3 is 2.30 bits per heavy atom. The lowest BCUT2D eigenvalue weighted by molar-refractivity contribution is -0.133. The summed E-state index contributed by atoms with van der Waals surface area (Å²) in [6, 6.07) is 11.3. The van der Waals surface area contributed by atoms with E-state index in [1.165, 1.54) is 42.5 Å². The number of carbonyl (C=O) groups is 2. The smallest absolute Gasteiger partial charge is 0.260 e. The largest absolute Gasteiger partial charge is 0.484 e. The van der Waals surface area contributed by atoms with Crippen molar-refractivity contribution in [2.45, 2.75) is 6.42 Å². The zero-order valence-corrected chi connectivity index (χ0v) is 14.7. The third-order valence-corrected chi connectivity index (χ3v) is 4.42. The molecule has 0 N–H and O–H groups in total. The second kappa shape index (κ2) is 8.62. The van der Waals surface area contributed by atoms with Gasteiger partial charge >= 0.3 is 0 Å². The third-order valence-electron chi connectivity index (χ3n) is 4.42. The highest BCUT2D eigenvalue weighted by Gasteiger charge is 2.24. The summed E-state index contributed by atoms with van der Waals surface area (Å²) in [5, 5.41) is 0. The molecule has 2 aromatic carbocycles. The molecule has 5 nitrogen and oxygen atoms in total. The Labute approximate surface area is 156 Å². The molecular weight excluding hydrogens is 354 g/mol. The second-order valence-corrected chi connectivity index (χ2v) is 6.25. The van der Waals surface area contributed by atoms with Crippen molar-refractivity contribution >= 4 is 11.8 Å². The predicted octanol–water partition coefficient (Wildman–Crippen LogP) is 2.72. The Balaban J connectivity index is 1.54. The van der Waals surface area contributed by atoms with Crippen molar-refractivity contribution in [2.24, 2.45) is 0 Å². The molecular formula is C20H20F2N2O3. The maximum atomic E-state index is 13.8. The molecule has 0 bridgehead atoms. The summed E-state index contributed by atoms with van der Waals surface area (Å²) >= 11 is 0. The molecule has 1 fully saturated rings. The molecule has 0 aromatic heterocycles. The third kappa shape index (κ3) is 4.81. The number of hydrogen-bond acceptors (Lipinski definition) is 3. The van der Waals surface area contributed by atoms with E-state index < -0.39 is 5.82 Å². The fraction of sp³-hybridized carbons (Fsp3) is 0.300. The highest BCUT2D eigenvalue weighted by atomic mass is 19.1. The van der Waals surface area contributed by atoms with Crippen LogP contribution in [0.25, 0.3) is 0 Å². The second-order valence-electron chi connectivity index (χ2n) is 6.25. The molecule has 3 rings (SSSR count). The maximum Gasteiger partial charge on any atom is 0.260 e. The fourth-order valence-corrected chi connectivity index (χ4v) is 2.94. The minimum atomic E-state index is -0.549. The van der Waals surface area contributed by atoms with Gasteiger partial charge in [0.2, 0.25) is 0 Å². The van der Waals surface area contributed by atoms with Gasteiger partial charge in [-0.2, -0.15) is 0 Å². The molecule has 0 atom stereocenters. The number of hydrogen-bond donors (Lipinski definition) is 0. The van der Waals surface area contributed by atoms with Crippen LogP contribution in [0.5, 0.6) is 5.75 Å². The molecule has 0 unspecified atom stereocenters. The van der Waals surface area contributed by atoms with Crippen molar-refractivity contribution in [3.05, 3.63) is 65.7 Å². The summed E-state index contributed by atoms with van der Waals surface area (Å²) in [4.78, 5) is 28.1. The summed E-state index contributed by atoms with van der Waals surface area (Å²) < 4.78 is 32.1. The Bertz CT molecular complexity index is 811. The lowest BCUT2D eigenvalue weighted by Gasteiger charge is -2.22. The number of nitrogens with zero attached hydrogens (tertiary/aromatic N) is 2. The van der Waals surface area contributed by atoms with E-state index >= 15 is 0 Å². The summed E-state index contributed by atoms with van der Waals surface area (Å²) in [5.41, 5.74) is 0.0388. The molecule has 2 amide bonds. The highest BCUT2D eigenvalue weighted by molar-refractivity contribution is 5.94. The SMILES string of the molecule is O=C(COc1ccc(F)cc1)N1CCCN(C(=O)c2ccccc2F)CC1. The molecule has 0 spiro atoms. The van der Waals surface area contributed by atoms with Crippen LogP contribution in [0.1, 0.15) is 16.8 Å². The lowest BCUT2D eigenvalue weighted by Crippen LogP contribution is -2.39. The number of ether oxygens (including phenoxy) is 1. The number of halogens is 2. The van der Waals surface area contributed by atoms with E-state index in [-0.39, 0.29) is 29.8 Å². The average molecular weight is 374 g/mol. The molecule has 1 aliphatic heterocycles. The molecule has 27 heavy (non-hydrogen) atoms. The van der Waals surface area contributed by atoms with Gasteiger partial charge in [0.1, 0.15) is 17.4 Å². The van der Waals surface area contributed by atoms with Gasteiger partial charge in [-0.1, -0.05) is 12.1 Å². The van der Waals surface area contributed by atoms with Gasteiger partial charge in [0, 0.05) is 26.2 Å². The minimum Gasteiger partial charge on any atom is -0.484 e. The Morgan fingerprint density at radius 1 is 0.889 bits per heavy atom. The zero-order chi connectivity index (χ0) is 19.2. The van der Waals surface area contributed by atoms with Crippen LogP contribution in [0.2, 0.25) is 0 Å². The minimum absolute atomic E-state index is 0.0388. The zero-order valence-electron chi connectivity index (χ0n) is 14.7. The van der Waals surface area contributed by atoms with Crippen LogP contribution in [-0.4, -0.2) is 54.4 Å². The van der Waals surface area contributed by atoms with E-state index in [0.717, 1.165) is 0 Å². The van der Waals surface area contributed by atoms with Gasteiger partial charge in [-0.3, -0.25) is 9.59 Å². The van der Waals surface area contributed by atoms with E-state index in [4.69, 9.17) is 4.74 Å². The quantitative estimate of drug-likeness (QED) is 0.827. The first-order valence-corrected chi connectivity index (χ1v) is 8.74. The van der Waals surface area contributed by atoms with Crippen LogP contribution in [-0.2, 0) is 4.79 Å². The molecule has 0 aliphatic carbocycles. The molecule has 1 saturated heterocycles. The van der Waals surface area contributed by atoms with Crippen molar-refractivity contribution < 1.29 is 23.1 Å². The number of carbonyl (C=O) groups excluding carboxylic acids is 2. The molecule has 2 aromatic rings. The van der Waals surface area contributed by atoms with E-state index in [1.54, 1.807) is 15.9 Å². The van der Waals surface area contributed by atoms with E-state index in [0.29, 0.717) is 38.3 Å². The first-order chi connectivity index (χ1) is 13.0. The normalized spacial score (nSPS) is 14.6. The van der Waals surface area contributed by atoms with Gasteiger partial charge in [0.05, 0.1) is 5.56 Å². The number of benzene rings is 2. The predicted molar refractivity (Wildman–Crippen MR) is 95.4 cm³/mol. The summed E-state index contributed by atoms with van der Waals surface area (Å²) in [6.07, 6.45) is 0.600. The van der Waals surface area contributed by atoms with Gasteiger partial charge in [-0.15, -0.1) is 0 Å². The molecule has 0 radical (unpaired) electrons. The van der Waals surface area contributed by atoms with Crippen LogP contribution in [0.3, 0.4) is 0 Å². The average Bonchev–Trinajstić information content (AvgIpc) is 2.93. The van der Waals surface area contributed by atoms with Crippen LogP contribution in [0, 0.1) is 11.6 Å². The monoisotopic (exact) mass is 374 g/mol. The Morgan fingerprint density at radius 2 is 1.56 bits per heavy atom. The summed E-state index contributed by atoms with van der Waals surface area (Å²) in [5.74, 6) is -1.09. The summed E-state index contributed by atoms with van der Waals surface area (Å²) in [6.45, 7) is 1.47. The topological polar surface area (TPSA) is 49.9 Å². The van der Waals surface area contributed by atoms with Crippen LogP contribution in [0.4, 0.5) is 8.78 Å². The van der Waals surface area contributed by atoms with Crippen molar-refractivity contribution in [3.63, 3.8) is 0 Å². The summed E-state index contributed by atoms with van der Waals surface area (Å²) in [7, 11) is 0. The van der Waals surface area contributed by atoms with Gasteiger partial charge in [-0.25, -0.2) is 8.78 Å². The van der Waals surface area contributed by atoms with Crippen molar-refractivity contribution in [1.82, 2.24) is 9.80 Å². The Hall–Kier alpha value is -2.96. The molecule has 142 valence electrons. The Kier molecular flexibility index (Phi) is 6.01. The van der Waals surface area contributed by atoms with Crippen molar-refractivity contribution in [3.8, 4) is 5.75 Å². The number of rotatable bonds is 4. The van der Waals surface area contributed by atoms with Gasteiger partial charge in [0.15, 0.2) is 6.61 Å². The van der Waals surface area contributed by atoms with Gasteiger partial charge < -0.3 is 14.5 Å². The molecule has 1 heterocycles.